The fourth-order valence-corrected chi connectivity index (χ4v) is 2.51. The lowest BCUT2D eigenvalue weighted by Crippen LogP contribution is -2.23. The summed E-state index contributed by atoms with van der Waals surface area (Å²) in [6, 6.07) is 14.1. The number of anilines is 1. The fraction of sp³-hybridized carbons (Fsp3) is 0.143. The van der Waals surface area contributed by atoms with Crippen LogP contribution in [0.1, 0.15) is 27.3 Å². The van der Waals surface area contributed by atoms with Crippen LogP contribution in [0.3, 0.4) is 0 Å². The van der Waals surface area contributed by atoms with Crippen molar-refractivity contribution in [2.45, 2.75) is 20.1 Å². The van der Waals surface area contributed by atoms with Crippen LogP contribution in [-0.2, 0) is 17.9 Å². The summed E-state index contributed by atoms with van der Waals surface area (Å²) in [6.45, 7) is 2.24. The van der Waals surface area contributed by atoms with Gasteiger partial charge < -0.3 is 10.1 Å². The van der Waals surface area contributed by atoms with E-state index in [0.29, 0.717) is 28.6 Å². The van der Waals surface area contributed by atoms with E-state index in [1.165, 1.54) is 12.4 Å². The maximum atomic E-state index is 12.1. The number of nitrogens with zero attached hydrogens (tertiary/aromatic N) is 2. The van der Waals surface area contributed by atoms with Gasteiger partial charge >= 0.3 is 6.09 Å². The van der Waals surface area contributed by atoms with Crippen molar-refractivity contribution in [2.24, 2.45) is 0 Å². The number of carbonyl (C=O) groups is 2. The Kier molecular flexibility index (Phi) is 6.76. The largest absolute Gasteiger partial charge is 0.444 e. The molecule has 2 amide bonds. The number of aryl methyl sites for hydroxylation is 1. The molecule has 0 radical (unpaired) electrons. The molecule has 3 aromatic rings. The molecule has 0 fully saturated rings. The van der Waals surface area contributed by atoms with Crippen LogP contribution in [0.15, 0.2) is 60.9 Å². The number of amides is 2. The monoisotopic (exact) mass is 410 g/mol. The Bertz CT molecular complexity index is 974. The first kappa shape index (κ1) is 20.3. The van der Waals surface area contributed by atoms with Crippen LogP contribution in [0.5, 0.6) is 0 Å². The van der Waals surface area contributed by atoms with E-state index in [2.05, 4.69) is 20.6 Å². The van der Waals surface area contributed by atoms with Crippen LogP contribution in [-0.4, -0.2) is 22.0 Å². The Morgan fingerprint density at radius 2 is 1.59 bits per heavy atom. The molecule has 0 unspecified atom stereocenters. The Labute approximate surface area is 173 Å². The molecule has 0 saturated heterocycles. The van der Waals surface area contributed by atoms with Gasteiger partial charge in [-0.25, -0.2) is 14.8 Å². The van der Waals surface area contributed by atoms with Crippen molar-refractivity contribution in [2.75, 3.05) is 5.32 Å². The lowest BCUT2D eigenvalue weighted by Gasteiger charge is -2.09. The normalized spacial score (nSPS) is 10.3. The number of ether oxygens (including phenoxy) is 1. The summed E-state index contributed by atoms with van der Waals surface area (Å²) in [7, 11) is 0. The number of aromatic nitrogens is 2. The molecule has 0 aliphatic rings. The van der Waals surface area contributed by atoms with Crippen molar-refractivity contribution in [1.82, 2.24) is 15.3 Å². The highest BCUT2D eigenvalue weighted by Crippen LogP contribution is 2.12. The number of halogens is 1. The highest BCUT2D eigenvalue weighted by Gasteiger charge is 2.07. The van der Waals surface area contributed by atoms with E-state index in [9.17, 15) is 9.59 Å². The zero-order chi connectivity index (χ0) is 20.6. The number of benzene rings is 2. The second-order valence-electron chi connectivity index (χ2n) is 6.23. The Balaban J connectivity index is 1.45. The standard InChI is InChI=1S/C21H19ClN4O3/c1-14-23-11-17(12-24-14)20(27)25-10-15-4-8-19(9-5-15)26-21(28)29-13-16-2-6-18(22)7-3-16/h2-9,11-12H,10,13H2,1H3,(H,25,27)(H,26,28). The maximum Gasteiger partial charge on any atom is 0.411 e. The van der Waals surface area contributed by atoms with Gasteiger partial charge in [-0.15, -0.1) is 0 Å². The second-order valence-corrected chi connectivity index (χ2v) is 6.66. The molecule has 1 aromatic heterocycles. The Morgan fingerprint density at radius 3 is 2.24 bits per heavy atom. The average Bonchev–Trinajstić information content (AvgIpc) is 2.73. The van der Waals surface area contributed by atoms with Crippen LogP contribution in [0.2, 0.25) is 5.02 Å². The van der Waals surface area contributed by atoms with E-state index in [4.69, 9.17) is 16.3 Å². The van der Waals surface area contributed by atoms with Crippen molar-refractivity contribution in [3.8, 4) is 0 Å². The van der Waals surface area contributed by atoms with E-state index < -0.39 is 6.09 Å². The first-order valence-electron chi connectivity index (χ1n) is 8.83. The van der Waals surface area contributed by atoms with Crippen LogP contribution >= 0.6 is 11.6 Å². The SMILES string of the molecule is Cc1ncc(C(=O)NCc2ccc(NC(=O)OCc3ccc(Cl)cc3)cc2)cn1. The molecule has 0 aliphatic heterocycles. The van der Waals surface area contributed by atoms with Gasteiger partial charge in [-0.05, 0) is 42.3 Å². The third-order valence-electron chi connectivity index (χ3n) is 3.98. The summed E-state index contributed by atoms with van der Waals surface area (Å²) in [5.74, 6) is 0.356. The van der Waals surface area contributed by atoms with Gasteiger partial charge in [0.05, 0.1) is 5.56 Å². The molecule has 0 spiro atoms. The van der Waals surface area contributed by atoms with Crippen LogP contribution in [0, 0.1) is 6.92 Å². The molecular formula is C21H19ClN4O3. The lowest BCUT2D eigenvalue weighted by molar-refractivity contribution is 0.0950. The summed E-state index contributed by atoms with van der Waals surface area (Å²) in [5, 5.41) is 6.08. The van der Waals surface area contributed by atoms with Gasteiger partial charge in [0.1, 0.15) is 12.4 Å². The van der Waals surface area contributed by atoms with E-state index in [1.807, 2.05) is 0 Å². The van der Waals surface area contributed by atoms with Gasteiger partial charge in [0.15, 0.2) is 0 Å². The molecule has 0 saturated carbocycles. The summed E-state index contributed by atoms with van der Waals surface area (Å²) in [6.07, 6.45) is 2.42. The summed E-state index contributed by atoms with van der Waals surface area (Å²) < 4.78 is 5.18. The third-order valence-corrected chi connectivity index (χ3v) is 4.23. The smallest absolute Gasteiger partial charge is 0.411 e. The van der Waals surface area contributed by atoms with Gasteiger partial charge in [0.2, 0.25) is 0 Å². The molecule has 8 heteroatoms. The molecule has 0 bridgehead atoms. The number of rotatable bonds is 6. The first-order valence-corrected chi connectivity index (χ1v) is 9.21. The lowest BCUT2D eigenvalue weighted by atomic mass is 10.2. The molecule has 29 heavy (non-hydrogen) atoms. The van der Waals surface area contributed by atoms with Crippen molar-refractivity contribution in [3.63, 3.8) is 0 Å². The topological polar surface area (TPSA) is 93.2 Å². The quantitative estimate of drug-likeness (QED) is 0.637. The molecule has 2 N–H and O–H groups in total. The van der Waals surface area contributed by atoms with Gasteiger partial charge in [0, 0.05) is 29.6 Å². The highest BCUT2D eigenvalue weighted by molar-refractivity contribution is 6.30. The molecule has 1 heterocycles. The first-order chi connectivity index (χ1) is 14.0. The third kappa shape index (κ3) is 6.29. The predicted octanol–water partition coefficient (Wildman–Crippen LogP) is 4.12. The molecule has 3 rings (SSSR count). The Hall–Kier alpha value is -3.45. The molecule has 148 valence electrons. The molecule has 7 nitrogen and oxygen atoms in total. The zero-order valence-electron chi connectivity index (χ0n) is 15.7. The minimum atomic E-state index is -0.555. The Morgan fingerprint density at radius 1 is 0.966 bits per heavy atom. The van der Waals surface area contributed by atoms with Crippen molar-refractivity contribution in [1.29, 1.82) is 0 Å². The molecular weight excluding hydrogens is 392 g/mol. The number of hydrogen-bond acceptors (Lipinski definition) is 5. The van der Waals surface area contributed by atoms with Gasteiger partial charge in [-0.3, -0.25) is 10.1 Å². The molecule has 2 aromatic carbocycles. The summed E-state index contributed by atoms with van der Waals surface area (Å²) in [5.41, 5.74) is 2.71. The maximum absolute atomic E-state index is 12.1. The molecule has 0 aliphatic carbocycles. The summed E-state index contributed by atoms with van der Waals surface area (Å²) in [4.78, 5) is 32.0. The minimum absolute atomic E-state index is 0.149. The van der Waals surface area contributed by atoms with Crippen molar-refractivity contribution < 1.29 is 14.3 Å². The van der Waals surface area contributed by atoms with Crippen LogP contribution in [0.25, 0.3) is 0 Å². The van der Waals surface area contributed by atoms with E-state index in [0.717, 1.165) is 11.1 Å². The number of nitrogens with one attached hydrogen (secondary N) is 2. The van der Waals surface area contributed by atoms with Gasteiger partial charge in [0.25, 0.3) is 5.91 Å². The van der Waals surface area contributed by atoms with Crippen LogP contribution < -0.4 is 10.6 Å². The van der Waals surface area contributed by atoms with Gasteiger partial charge in [-0.1, -0.05) is 35.9 Å². The summed E-state index contributed by atoms with van der Waals surface area (Å²) >= 11 is 5.82. The van der Waals surface area contributed by atoms with E-state index in [-0.39, 0.29) is 12.5 Å². The van der Waals surface area contributed by atoms with Crippen molar-refractivity contribution in [3.05, 3.63) is 88.5 Å². The van der Waals surface area contributed by atoms with Gasteiger partial charge in [-0.2, -0.15) is 0 Å². The fourth-order valence-electron chi connectivity index (χ4n) is 2.38. The number of carbonyl (C=O) groups excluding carboxylic acids is 2. The predicted molar refractivity (Wildman–Crippen MR) is 110 cm³/mol. The average molecular weight is 411 g/mol. The number of hydrogen-bond donors (Lipinski definition) is 2. The highest BCUT2D eigenvalue weighted by atomic mass is 35.5. The van der Waals surface area contributed by atoms with E-state index in [1.54, 1.807) is 55.5 Å². The molecule has 0 atom stereocenters. The van der Waals surface area contributed by atoms with Crippen LogP contribution in [0.4, 0.5) is 10.5 Å². The second kappa shape index (κ2) is 9.66. The minimum Gasteiger partial charge on any atom is -0.444 e. The van der Waals surface area contributed by atoms with E-state index >= 15 is 0 Å². The zero-order valence-corrected chi connectivity index (χ0v) is 16.4. The van der Waals surface area contributed by atoms with Crippen molar-refractivity contribution >= 4 is 29.3 Å².